The summed E-state index contributed by atoms with van der Waals surface area (Å²) in [5, 5.41) is 0.698. The maximum absolute atomic E-state index is 12.7. The van der Waals surface area contributed by atoms with Crippen molar-refractivity contribution in [1.82, 2.24) is 9.71 Å². The summed E-state index contributed by atoms with van der Waals surface area (Å²) < 4.78 is 70.7. The lowest BCUT2D eigenvalue weighted by Gasteiger charge is -2.08. The zero-order valence-electron chi connectivity index (χ0n) is 15.8. The first-order chi connectivity index (χ1) is 14.2. The number of aryl methyl sites for hydroxylation is 1. The van der Waals surface area contributed by atoms with Gasteiger partial charge in [0.25, 0.3) is 0 Å². The quantitative estimate of drug-likeness (QED) is 0.618. The van der Waals surface area contributed by atoms with Gasteiger partial charge in [-0.3, -0.25) is 4.98 Å². The molecule has 9 heteroatoms. The van der Waals surface area contributed by atoms with E-state index in [4.69, 9.17) is 4.74 Å². The van der Waals surface area contributed by atoms with Crippen LogP contribution in [0.15, 0.2) is 59.5 Å². The monoisotopic (exact) mass is 434 g/mol. The van der Waals surface area contributed by atoms with Crippen LogP contribution in [0.4, 0.5) is 13.2 Å². The van der Waals surface area contributed by atoms with Crippen LogP contribution >= 0.6 is 0 Å². The van der Waals surface area contributed by atoms with Crippen LogP contribution in [0.3, 0.4) is 0 Å². The molecule has 0 spiro atoms. The molecule has 3 rings (SSSR count). The lowest BCUT2D eigenvalue weighted by molar-refractivity contribution is -0.137. The average molecular weight is 434 g/mol. The van der Waals surface area contributed by atoms with Gasteiger partial charge in [-0.15, -0.1) is 0 Å². The van der Waals surface area contributed by atoms with Gasteiger partial charge < -0.3 is 4.74 Å². The van der Waals surface area contributed by atoms with Gasteiger partial charge in [-0.1, -0.05) is 36.1 Å². The Morgan fingerprint density at radius 1 is 1.07 bits per heavy atom. The van der Waals surface area contributed by atoms with E-state index in [0.29, 0.717) is 16.6 Å². The van der Waals surface area contributed by atoms with E-state index in [1.165, 1.54) is 18.2 Å². The first-order valence-electron chi connectivity index (χ1n) is 8.79. The molecule has 5 nitrogen and oxygen atoms in total. The number of halogens is 3. The highest BCUT2D eigenvalue weighted by molar-refractivity contribution is 7.89. The molecule has 1 heterocycles. The van der Waals surface area contributed by atoms with Crippen LogP contribution in [0.2, 0.25) is 0 Å². The second-order valence-corrected chi connectivity index (χ2v) is 8.01. The predicted octanol–water partition coefficient (Wildman–Crippen LogP) is 3.92. The number of nitrogens with zero attached hydrogens (tertiary/aromatic N) is 1. The average Bonchev–Trinajstić information content (AvgIpc) is 2.69. The third-order valence-electron chi connectivity index (χ3n) is 4.06. The summed E-state index contributed by atoms with van der Waals surface area (Å²) in [6.07, 6.45) is -4.46. The molecule has 30 heavy (non-hydrogen) atoms. The van der Waals surface area contributed by atoms with Gasteiger partial charge in [0.05, 0.1) is 17.6 Å². The van der Waals surface area contributed by atoms with E-state index in [1.807, 2.05) is 0 Å². The molecule has 0 radical (unpaired) electrons. The van der Waals surface area contributed by atoms with E-state index in [-0.39, 0.29) is 23.8 Å². The normalized spacial score (nSPS) is 11.7. The van der Waals surface area contributed by atoms with Crippen LogP contribution in [0, 0.1) is 18.8 Å². The lowest BCUT2D eigenvalue weighted by atomic mass is 10.2. The molecule has 0 unspecified atom stereocenters. The highest BCUT2D eigenvalue weighted by Crippen LogP contribution is 2.31. The number of ether oxygens (including phenoxy) is 1. The minimum Gasteiger partial charge on any atom is -0.481 e. The van der Waals surface area contributed by atoms with Crippen molar-refractivity contribution in [2.45, 2.75) is 18.0 Å². The van der Waals surface area contributed by atoms with Crippen LogP contribution in [0.5, 0.6) is 5.75 Å². The van der Waals surface area contributed by atoms with Gasteiger partial charge in [0.1, 0.15) is 17.3 Å². The molecular weight excluding hydrogens is 417 g/mol. The number of hydrogen-bond donors (Lipinski definition) is 1. The SMILES string of the molecule is Cc1ccc2cccc(S(=O)(=O)NCC#CCOc3cccc(C(F)(F)F)c3)c2n1. The number of alkyl halides is 3. The molecule has 0 bridgehead atoms. The smallest absolute Gasteiger partial charge is 0.416 e. The van der Waals surface area contributed by atoms with Crippen molar-refractivity contribution < 1.29 is 26.3 Å². The fourth-order valence-electron chi connectivity index (χ4n) is 2.64. The molecular formula is C21H17F3N2O3S. The minimum atomic E-state index is -4.46. The zero-order chi connectivity index (χ0) is 21.8. The molecule has 0 aliphatic heterocycles. The summed E-state index contributed by atoms with van der Waals surface area (Å²) >= 11 is 0. The van der Waals surface area contributed by atoms with Crippen LogP contribution < -0.4 is 9.46 Å². The Morgan fingerprint density at radius 2 is 1.83 bits per heavy atom. The Morgan fingerprint density at radius 3 is 2.60 bits per heavy atom. The van der Waals surface area contributed by atoms with E-state index in [2.05, 4.69) is 21.5 Å². The lowest BCUT2D eigenvalue weighted by Crippen LogP contribution is -2.24. The molecule has 0 saturated heterocycles. The van der Waals surface area contributed by atoms with Crippen molar-refractivity contribution in [3.05, 3.63) is 65.9 Å². The third kappa shape index (κ3) is 5.28. The first kappa shape index (κ1) is 21.6. The molecule has 0 aliphatic rings. The molecule has 3 aromatic rings. The molecule has 0 fully saturated rings. The van der Waals surface area contributed by atoms with E-state index >= 15 is 0 Å². The summed E-state index contributed by atoms with van der Waals surface area (Å²) in [6, 6.07) is 12.9. The number of nitrogens with one attached hydrogen (secondary N) is 1. The van der Waals surface area contributed by atoms with E-state index in [9.17, 15) is 21.6 Å². The van der Waals surface area contributed by atoms with Crippen molar-refractivity contribution in [2.24, 2.45) is 0 Å². The Hall–Kier alpha value is -3.09. The predicted molar refractivity (Wildman–Crippen MR) is 106 cm³/mol. The number of para-hydroxylation sites is 1. The Bertz CT molecular complexity index is 1230. The van der Waals surface area contributed by atoms with Crippen molar-refractivity contribution in [2.75, 3.05) is 13.2 Å². The van der Waals surface area contributed by atoms with Gasteiger partial charge in [-0.05, 0) is 37.3 Å². The fraction of sp³-hybridized carbons (Fsp3) is 0.190. The molecule has 156 valence electrons. The molecule has 2 aromatic carbocycles. The second kappa shape index (κ2) is 8.73. The Balaban J connectivity index is 1.61. The molecule has 0 saturated carbocycles. The summed E-state index contributed by atoms with van der Waals surface area (Å²) in [4.78, 5) is 4.35. The summed E-state index contributed by atoms with van der Waals surface area (Å²) in [5.74, 6) is 5.17. The first-order valence-corrected chi connectivity index (χ1v) is 10.3. The van der Waals surface area contributed by atoms with Crippen LogP contribution in [-0.2, 0) is 16.2 Å². The minimum absolute atomic E-state index is 0.0249. The summed E-state index contributed by atoms with van der Waals surface area (Å²) in [5.41, 5.74) is 0.238. The third-order valence-corrected chi connectivity index (χ3v) is 5.49. The number of aromatic nitrogens is 1. The van der Waals surface area contributed by atoms with Gasteiger partial charge >= 0.3 is 6.18 Å². The van der Waals surface area contributed by atoms with Gasteiger partial charge in [-0.25, -0.2) is 8.42 Å². The second-order valence-electron chi connectivity index (χ2n) is 6.27. The summed E-state index contributed by atoms with van der Waals surface area (Å²) in [7, 11) is -3.85. The van der Waals surface area contributed by atoms with Crippen molar-refractivity contribution in [3.63, 3.8) is 0 Å². The number of sulfonamides is 1. The van der Waals surface area contributed by atoms with E-state index < -0.39 is 21.8 Å². The van der Waals surface area contributed by atoms with E-state index in [0.717, 1.165) is 12.1 Å². The number of fused-ring (bicyclic) bond motifs is 1. The number of hydrogen-bond acceptors (Lipinski definition) is 4. The van der Waals surface area contributed by atoms with Crippen LogP contribution in [-0.4, -0.2) is 26.6 Å². The Kier molecular flexibility index (Phi) is 6.29. The van der Waals surface area contributed by atoms with Gasteiger partial charge in [0.2, 0.25) is 10.0 Å². The van der Waals surface area contributed by atoms with E-state index in [1.54, 1.807) is 31.2 Å². The Labute approximate surface area is 171 Å². The van der Waals surface area contributed by atoms with Crippen molar-refractivity contribution in [1.29, 1.82) is 0 Å². The van der Waals surface area contributed by atoms with Crippen molar-refractivity contribution in [3.8, 4) is 17.6 Å². The zero-order valence-corrected chi connectivity index (χ0v) is 16.6. The molecule has 0 atom stereocenters. The maximum atomic E-state index is 12.7. The fourth-order valence-corrected chi connectivity index (χ4v) is 3.73. The van der Waals surface area contributed by atoms with Gasteiger partial charge in [0, 0.05) is 11.1 Å². The highest BCUT2D eigenvalue weighted by Gasteiger charge is 2.30. The molecule has 1 N–H and O–H groups in total. The standard InChI is InChI=1S/C21H17F3N2O3S/c1-15-10-11-16-6-4-9-19(20(16)26-15)30(27,28)25-12-2-3-13-29-18-8-5-7-17(14-18)21(22,23)24/h4-11,14,25H,12-13H2,1H3. The van der Waals surface area contributed by atoms with Gasteiger partial charge in [-0.2, -0.15) is 17.9 Å². The number of pyridine rings is 1. The van der Waals surface area contributed by atoms with Crippen LogP contribution in [0.1, 0.15) is 11.3 Å². The van der Waals surface area contributed by atoms with Crippen LogP contribution in [0.25, 0.3) is 10.9 Å². The topological polar surface area (TPSA) is 68.3 Å². The van der Waals surface area contributed by atoms with Gasteiger partial charge in [0.15, 0.2) is 0 Å². The molecule has 0 amide bonds. The molecule has 1 aromatic heterocycles. The van der Waals surface area contributed by atoms with Crippen molar-refractivity contribution >= 4 is 20.9 Å². The largest absolute Gasteiger partial charge is 0.481 e. The highest BCUT2D eigenvalue weighted by atomic mass is 32.2. The summed E-state index contributed by atoms with van der Waals surface area (Å²) in [6.45, 7) is 1.40. The maximum Gasteiger partial charge on any atom is 0.416 e. The molecule has 0 aliphatic carbocycles. The number of rotatable bonds is 5. The number of benzene rings is 2.